The normalized spacial score (nSPS) is 16.8. The van der Waals surface area contributed by atoms with Crippen LogP contribution in [0, 0.1) is 17.2 Å². The Morgan fingerprint density at radius 1 is 1.29 bits per heavy atom. The van der Waals surface area contributed by atoms with Gasteiger partial charge in [-0.25, -0.2) is 12.7 Å². The molecule has 1 heterocycles. The van der Waals surface area contributed by atoms with Gasteiger partial charge in [0.25, 0.3) is 0 Å². The van der Waals surface area contributed by atoms with Gasteiger partial charge in [0.1, 0.15) is 0 Å². The van der Waals surface area contributed by atoms with E-state index in [4.69, 9.17) is 5.26 Å². The summed E-state index contributed by atoms with van der Waals surface area (Å²) in [5.74, 6) is 0.423. The van der Waals surface area contributed by atoms with Crippen LogP contribution in [-0.4, -0.2) is 39.4 Å². The Morgan fingerprint density at radius 3 is 2.48 bits per heavy atom. The molecule has 1 N–H and O–H groups in total. The van der Waals surface area contributed by atoms with E-state index >= 15 is 0 Å². The van der Waals surface area contributed by atoms with Crippen molar-refractivity contribution in [3.8, 4) is 6.07 Å². The molecule has 0 bridgehead atoms. The van der Waals surface area contributed by atoms with Gasteiger partial charge >= 0.3 is 0 Å². The molecule has 0 unspecified atom stereocenters. The fraction of sp³-hybridized carbons (Fsp3) is 0.533. The van der Waals surface area contributed by atoms with E-state index in [1.54, 1.807) is 31.3 Å². The third-order valence-electron chi connectivity index (χ3n) is 3.88. The highest BCUT2D eigenvalue weighted by Crippen LogP contribution is 2.17. The van der Waals surface area contributed by atoms with Gasteiger partial charge in [-0.3, -0.25) is 0 Å². The summed E-state index contributed by atoms with van der Waals surface area (Å²) in [6.45, 7) is 2.52. The zero-order valence-electron chi connectivity index (χ0n) is 12.2. The summed E-state index contributed by atoms with van der Waals surface area (Å²) < 4.78 is 26.2. The largest absolute Gasteiger partial charge is 0.317 e. The first-order valence-electron chi connectivity index (χ1n) is 7.15. The third-order valence-corrected chi connectivity index (χ3v) is 5.68. The molecule has 5 nitrogen and oxygen atoms in total. The van der Waals surface area contributed by atoms with Gasteiger partial charge in [0.15, 0.2) is 0 Å². The molecule has 1 aromatic carbocycles. The van der Waals surface area contributed by atoms with Crippen molar-refractivity contribution < 1.29 is 8.42 Å². The van der Waals surface area contributed by atoms with Crippen LogP contribution in [0.3, 0.4) is 0 Å². The standard InChI is InChI=1S/C15H21N3O2S/c1-18(11-14-6-8-17-9-7-14)21(19,20)12-15-4-2-13(10-16)3-5-15/h2-5,14,17H,6-9,11-12H2,1H3. The molecule has 21 heavy (non-hydrogen) atoms. The van der Waals surface area contributed by atoms with Crippen LogP contribution in [-0.2, 0) is 15.8 Å². The summed E-state index contributed by atoms with van der Waals surface area (Å²) in [5.41, 5.74) is 1.25. The van der Waals surface area contributed by atoms with Gasteiger partial charge in [0, 0.05) is 13.6 Å². The Kier molecular flexibility index (Phi) is 5.34. The molecule has 0 aromatic heterocycles. The zero-order chi connectivity index (χ0) is 15.3. The monoisotopic (exact) mass is 307 g/mol. The Morgan fingerprint density at radius 2 is 1.90 bits per heavy atom. The van der Waals surface area contributed by atoms with Crippen molar-refractivity contribution in [3.63, 3.8) is 0 Å². The van der Waals surface area contributed by atoms with E-state index in [-0.39, 0.29) is 5.75 Å². The molecule has 0 amide bonds. The second kappa shape index (κ2) is 7.03. The zero-order valence-corrected chi connectivity index (χ0v) is 13.1. The smallest absolute Gasteiger partial charge is 0.218 e. The molecular weight excluding hydrogens is 286 g/mol. The lowest BCUT2D eigenvalue weighted by molar-refractivity contribution is 0.311. The van der Waals surface area contributed by atoms with Crippen molar-refractivity contribution in [1.82, 2.24) is 9.62 Å². The first-order valence-corrected chi connectivity index (χ1v) is 8.76. The number of rotatable bonds is 5. The Labute approximate surface area is 126 Å². The summed E-state index contributed by atoms with van der Waals surface area (Å²) in [6.07, 6.45) is 2.05. The molecule has 1 aliphatic heterocycles. The van der Waals surface area contributed by atoms with Crippen LogP contribution in [0.2, 0.25) is 0 Å². The number of nitrogens with one attached hydrogen (secondary N) is 1. The molecule has 1 saturated heterocycles. The maximum absolute atomic E-state index is 12.4. The van der Waals surface area contributed by atoms with Crippen molar-refractivity contribution in [3.05, 3.63) is 35.4 Å². The summed E-state index contributed by atoms with van der Waals surface area (Å²) in [7, 11) is -1.65. The van der Waals surface area contributed by atoms with E-state index in [9.17, 15) is 8.42 Å². The van der Waals surface area contributed by atoms with E-state index in [0.717, 1.165) is 25.9 Å². The second-order valence-corrected chi connectivity index (χ2v) is 7.61. The van der Waals surface area contributed by atoms with Gasteiger partial charge in [0.05, 0.1) is 17.4 Å². The first kappa shape index (κ1) is 16.0. The molecule has 0 radical (unpaired) electrons. The predicted molar refractivity (Wildman–Crippen MR) is 82.0 cm³/mol. The van der Waals surface area contributed by atoms with Crippen molar-refractivity contribution in [1.29, 1.82) is 5.26 Å². The van der Waals surface area contributed by atoms with Crippen LogP contribution in [0.5, 0.6) is 0 Å². The molecule has 6 heteroatoms. The molecule has 0 saturated carbocycles. The van der Waals surface area contributed by atoms with Gasteiger partial charge in [0.2, 0.25) is 10.0 Å². The maximum Gasteiger partial charge on any atom is 0.218 e. The maximum atomic E-state index is 12.4. The summed E-state index contributed by atoms with van der Waals surface area (Å²) in [6, 6.07) is 8.73. The highest BCUT2D eigenvalue weighted by atomic mass is 32.2. The van der Waals surface area contributed by atoms with E-state index in [1.807, 2.05) is 6.07 Å². The average Bonchev–Trinajstić information content (AvgIpc) is 2.48. The minimum absolute atomic E-state index is 0.0137. The number of nitriles is 1. The molecule has 1 aliphatic rings. The minimum atomic E-state index is -3.30. The van der Waals surface area contributed by atoms with Crippen LogP contribution in [0.15, 0.2) is 24.3 Å². The SMILES string of the molecule is CN(CC1CCNCC1)S(=O)(=O)Cc1ccc(C#N)cc1. The van der Waals surface area contributed by atoms with Gasteiger partial charge in [-0.15, -0.1) is 0 Å². The topological polar surface area (TPSA) is 73.2 Å². The molecule has 0 aliphatic carbocycles. The summed E-state index contributed by atoms with van der Waals surface area (Å²) in [4.78, 5) is 0. The number of benzene rings is 1. The molecule has 0 spiro atoms. The predicted octanol–water partition coefficient (Wildman–Crippen LogP) is 1.32. The second-order valence-electron chi connectivity index (χ2n) is 5.54. The highest BCUT2D eigenvalue weighted by Gasteiger charge is 2.23. The fourth-order valence-corrected chi connectivity index (χ4v) is 3.81. The van der Waals surface area contributed by atoms with Gasteiger partial charge in [-0.1, -0.05) is 12.1 Å². The molecular formula is C15H21N3O2S. The lowest BCUT2D eigenvalue weighted by Crippen LogP contribution is -2.37. The molecule has 2 rings (SSSR count). The molecule has 1 fully saturated rings. The molecule has 114 valence electrons. The highest BCUT2D eigenvalue weighted by molar-refractivity contribution is 7.88. The van der Waals surface area contributed by atoms with Crippen molar-refractivity contribution >= 4 is 10.0 Å². The first-order chi connectivity index (χ1) is 10.0. The summed E-state index contributed by atoms with van der Waals surface area (Å²) in [5, 5.41) is 12.0. The number of nitrogens with zero attached hydrogens (tertiary/aromatic N) is 2. The fourth-order valence-electron chi connectivity index (χ4n) is 2.54. The van der Waals surface area contributed by atoms with Crippen molar-refractivity contribution in [2.75, 3.05) is 26.7 Å². The van der Waals surface area contributed by atoms with Crippen molar-refractivity contribution in [2.24, 2.45) is 5.92 Å². The van der Waals surface area contributed by atoms with Gasteiger partial charge in [-0.2, -0.15) is 5.26 Å². The number of sulfonamides is 1. The summed E-state index contributed by atoms with van der Waals surface area (Å²) >= 11 is 0. The van der Waals surface area contributed by atoms with E-state index < -0.39 is 10.0 Å². The quantitative estimate of drug-likeness (QED) is 0.890. The van der Waals surface area contributed by atoms with Crippen molar-refractivity contribution in [2.45, 2.75) is 18.6 Å². The number of piperidine rings is 1. The number of hydrogen-bond donors (Lipinski definition) is 1. The Balaban J connectivity index is 1.97. The molecule has 0 atom stereocenters. The average molecular weight is 307 g/mol. The van der Waals surface area contributed by atoms with Gasteiger partial charge in [-0.05, 0) is 49.5 Å². The number of hydrogen-bond acceptors (Lipinski definition) is 4. The van der Waals surface area contributed by atoms with Crippen LogP contribution < -0.4 is 5.32 Å². The van der Waals surface area contributed by atoms with Crippen LogP contribution in [0.25, 0.3) is 0 Å². The van der Waals surface area contributed by atoms with Crippen LogP contribution in [0.1, 0.15) is 24.0 Å². The van der Waals surface area contributed by atoms with E-state index in [2.05, 4.69) is 5.32 Å². The molecule has 1 aromatic rings. The van der Waals surface area contributed by atoms with Gasteiger partial charge < -0.3 is 5.32 Å². The Hall–Kier alpha value is -1.42. The minimum Gasteiger partial charge on any atom is -0.317 e. The van der Waals surface area contributed by atoms with Crippen LogP contribution >= 0.6 is 0 Å². The van der Waals surface area contributed by atoms with Crippen LogP contribution in [0.4, 0.5) is 0 Å². The Bertz CT molecular complexity index is 599. The third kappa shape index (κ3) is 4.53. The lowest BCUT2D eigenvalue weighted by atomic mass is 9.98. The van der Waals surface area contributed by atoms with E-state index in [0.29, 0.717) is 23.6 Å². The van der Waals surface area contributed by atoms with E-state index in [1.165, 1.54) is 4.31 Å². The lowest BCUT2D eigenvalue weighted by Gasteiger charge is -2.27.